The zero-order valence-electron chi connectivity index (χ0n) is 17.7. The Kier molecular flexibility index (Phi) is 12.7. The van der Waals surface area contributed by atoms with E-state index >= 15 is 0 Å². The van der Waals surface area contributed by atoms with Crippen molar-refractivity contribution in [1.29, 1.82) is 0 Å². The number of nitrogens with one attached hydrogen (secondary N) is 2. The molecule has 1 fully saturated rings. The lowest BCUT2D eigenvalue weighted by molar-refractivity contribution is 0.139. The number of unbranched alkanes of at least 4 members (excludes halogenated alkanes) is 1. The standard InChI is InChI=1S/C22H38N4O.HI/c1-18-13-19(2)16-26(15-18)12-8-7-11-24-22(23-3)25-14-21(17-27)20-9-5-4-6-10-20;/h4-6,9-10,18-19,21,27H,7-8,11-17H2,1-3H3,(H2,23,24,25);1H. The van der Waals surface area contributed by atoms with Crippen LogP contribution in [0.4, 0.5) is 0 Å². The number of aliphatic hydroxyl groups is 1. The van der Waals surface area contributed by atoms with Gasteiger partial charge in [-0.25, -0.2) is 0 Å². The van der Waals surface area contributed by atoms with Crippen molar-refractivity contribution in [2.75, 3.05) is 46.4 Å². The van der Waals surface area contributed by atoms with E-state index in [9.17, 15) is 5.11 Å². The highest BCUT2D eigenvalue weighted by atomic mass is 127. The van der Waals surface area contributed by atoms with Crippen molar-refractivity contribution in [1.82, 2.24) is 15.5 Å². The number of hydrogen-bond acceptors (Lipinski definition) is 3. The molecule has 0 radical (unpaired) electrons. The Morgan fingerprint density at radius 2 is 1.82 bits per heavy atom. The molecule has 0 aromatic heterocycles. The third kappa shape index (κ3) is 9.09. The van der Waals surface area contributed by atoms with Gasteiger partial charge in [0.15, 0.2) is 5.96 Å². The molecule has 0 bridgehead atoms. The summed E-state index contributed by atoms with van der Waals surface area (Å²) >= 11 is 0. The van der Waals surface area contributed by atoms with Crippen LogP contribution in [-0.2, 0) is 0 Å². The molecule has 1 aromatic rings. The highest BCUT2D eigenvalue weighted by Crippen LogP contribution is 2.21. The lowest BCUT2D eigenvalue weighted by atomic mass is 9.92. The van der Waals surface area contributed by atoms with Crippen LogP contribution in [-0.4, -0.2) is 62.3 Å². The van der Waals surface area contributed by atoms with E-state index in [4.69, 9.17) is 0 Å². The summed E-state index contributed by atoms with van der Waals surface area (Å²) in [4.78, 5) is 6.92. The van der Waals surface area contributed by atoms with Crippen LogP contribution < -0.4 is 10.6 Å². The fourth-order valence-electron chi connectivity index (χ4n) is 4.10. The Labute approximate surface area is 188 Å². The second-order valence-electron chi connectivity index (χ2n) is 8.08. The fraction of sp³-hybridized carbons (Fsp3) is 0.682. The summed E-state index contributed by atoms with van der Waals surface area (Å²) in [5, 5.41) is 16.4. The first kappa shape index (κ1) is 25.2. The number of nitrogens with zero attached hydrogens (tertiary/aromatic N) is 2. The smallest absolute Gasteiger partial charge is 0.190 e. The molecule has 1 heterocycles. The van der Waals surface area contributed by atoms with Gasteiger partial charge in [-0.1, -0.05) is 44.2 Å². The second kappa shape index (κ2) is 14.2. The molecule has 28 heavy (non-hydrogen) atoms. The molecule has 3 N–H and O–H groups in total. The first-order chi connectivity index (χ1) is 13.1. The van der Waals surface area contributed by atoms with Crippen molar-refractivity contribution in [2.24, 2.45) is 16.8 Å². The predicted molar refractivity (Wildman–Crippen MR) is 130 cm³/mol. The molecule has 3 unspecified atom stereocenters. The van der Waals surface area contributed by atoms with Gasteiger partial charge in [0.25, 0.3) is 0 Å². The van der Waals surface area contributed by atoms with Gasteiger partial charge in [-0.05, 0) is 43.2 Å². The first-order valence-corrected chi connectivity index (χ1v) is 10.4. The van der Waals surface area contributed by atoms with Gasteiger partial charge in [0, 0.05) is 39.1 Å². The topological polar surface area (TPSA) is 59.9 Å². The first-order valence-electron chi connectivity index (χ1n) is 10.4. The summed E-state index contributed by atoms with van der Waals surface area (Å²) in [7, 11) is 1.79. The van der Waals surface area contributed by atoms with Crippen LogP contribution in [0.15, 0.2) is 35.3 Å². The Hall–Kier alpha value is -0.860. The fourth-order valence-corrected chi connectivity index (χ4v) is 4.10. The Morgan fingerprint density at radius 1 is 1.14 bits per heavy atom. The van der Waals surface area contributed by atoms with E-state index in [2.05, 4.69) is 46.5 Å². The van der Waals surface area contributed by atoms with E-state index in [0.717, 1.165) is 36.3 Å². The molecule has 0 spiro atoms. The number of guanidine groups is 1. The van der Waals surface area contributed by atoms with Crippen molar-refractivity contribution >= 4 is 29.9 Å². The monoisotopic (exact) mass is 502 g/mol. The molecule has 3 atom stereocenters. The quantitative estimate of drug-likeness (QED) is 0.210. The third-order valence-corrected chi connectivity index (χ3v) is 5.37. The van der Waals surface area contributed by atoms with Crippen molar-refractivity contribution < 1.29 is 5.11 Å². The maximum Gasteiger partial charge on any atom is 0.190 e. The molecular formula is C22H39IN4O. The van der Waals surface area contributed by atoms with Gasteiger partial charge in [0.05, 0.1) is 6.61 Å². The van der Waals surface area contributed by atoms with Gasteiger partial charge in [0.2, 0.25) is 0 Å². The zero-order valence-corrected chi connectivity index (χ0v) is 20.1. The molecule has 0 amide bonds. The molecular weight excluding hydrogens is 463 g/mol. The van der Waals surface area contributed by atoms with Crippen molar-refractivity contribution in [3.05, 3.63) is 35.9 Å². The molecule has 5 nitrogen and oxygen atoms in total. The Balaban J connectivity index is 0.00000392. The van der Waals surface area contributed by atoms with Gasteiger partial charge >= 0.3 is 0 Å². The second-order valence-corrected chi connectivity index (χ2v) is 8.08. The van der Waals surface area contributed by atoms with Crippen LogP contribution in [0.25, 0.3) is 0 Å². The average Bonchev–Trinajstić information content (AvgIpc) is 2.66. The van der Waals surface area contributed by atoms with Crippen molar-refractivity contribution in [2.45, 2.75) is 39.0 Å². The Bertz CT molecular complexity index is 545. The summed E-state index contributed by atoms with van der Waals surface area (Å²) in [6.07, 6.45) is 3.73. The van der Waals surface area contributed by atoms with Crippen LogP contribution in [0, 0.1) is 11.8 Å². The van der Waals surface area contributed by atoms with E-state index < -0.39 is 0 Å². The largest absolute Gasteiger partial charge is 0.396 e. The summed E-state index contributed by atoms with van der Waals surface area (Å²) < 4.78 is 0. The summed E-state index contributed by atoms with van der Waals surface area (Å²) in [6.45, 7) is 10.2. The highest BCUT2D eigenvalue weighted by Gasteiger charge is 2.20. The number of aliphatic hydroxyl groups excluding tert-OH is 1. The van der Waals surface area contributed by atoms with Crippen LogP contribution in [0.5, 0.6) is 0 Å². The normalized spacial score (nSPS) is 21.6. The molecule has 1 saturated heterocycles. The van der Waals surface area contributed by atoms with Crippen LogP contribution in [0.3, 0.4) is 0 Å². The number of benzene rings is 1. The summed E-state index contributed by atoms with van der Waals surface area (Å²) in [5.41, 5.74) is 1.15. The van der Waals surface area contributed by atoms with Gasteiger partial charge in [-0.2, -0.15) is 0 Å². The Morgan fingerprint density at radius 3 is 2.43 bits per heavy atom. The molecule has 1 aliphatic heterocycles. The molecule has 160 valence electrons. The van der Waals surface area contributed by atoms with Gasteiger partial charge in [0.1, 0.15) is 0 Å². The van der Waals surface area contributed by atoms with Crippen molar-refractivity contribution in [3.63, 3.8) is 0 Å². The molecule has 2 rings (SSSR count). The number of hydrogen-bond donors (Lipinski definition) is 3. The van der Waals surface area contributed by atoms with Gasteiger partial charge in [-0.3, -0.25) is 4.99 Å². The minimum Gasteiger partial charge on any atom is -0.396 e. The number of piperidine rings is 1. The number of halogens is 1. The molecule has 1 aliphatic rings. The molecule has 6 heteroatoms. The SMILES string of the molecule is CN=C(NCCCCN1CC(C)CC(C)C1)NCC(CO)c1ccccc1.I. The van der Waals surface area contributed by atoms with E-state index in [-0.39, 0.29) is 36.5 Å². The maximum absolute atomic E-state index is 9.67. The van der Waals surface area contributed by atoms with Crippen LogP contribution in [0.1, 0.15) is 44.6 Å². The lowest BCUT2D eigenvalue weighted by Gasteiger charge is -2.34. The van der Waals surface area contributed by atoms with E-state index in [1.54, 1.807) is 7.05 Å². The van der Waals surface area contributed by atoms with Gasteiger partial charge < -0.3 is 20.6 Å². The minimum atomic E-state index is 0. The summed E-state index contributed by atoms with van der Waals surface area (Å²) in [6, 6.07) is 10.1. The van der Waals surface area contributed by atoms with E-state index in [0.29, 0.717) is 6.54 Å². The lowest BCUT2D eigenvalue weighted by Crippen LogP contribution is -2.41. The maximum atomic E-state index is 9.67. The number of rotatable bonds is 9. The third-order valence-electron chi connectivity index (χ3n) is 5.37. The zero-order chi connectivity index (χ0) is 19.5. The highest BCUT2D eigenvalue weighted by molar-refractivity contribution is 14.0. The van der Waals surface area contributed by atoms with Crippen LogP contribution >= 0.6 is 24.0 Å². The molecule has 1 aromatic carbocycles. The van der Waals surface area contributed by atoms with Gasteiger partial charge in [-0.15, -0.1) is 24.0 Å². The molecule has 0 aliphatic carbocycles. The minimum absolute atomic E-state index is 0. The predicted octanol–water partition coefficient (Wildman–Crippen LogP) is 3.30. The molecule has 0 saturated carbocycles. The average molecular weight is 502 g/mol. The van der Waals surface area contributed by atoms with Crippen LogP contribution in [0.2, 0.25) is 0 Å². The summed E-state index contributed by atoms with van der Waals surface area (Å²) in [5.74, 6) is 2.55. The van der Waals surface area contributed by atoms with E-state index in [1.807, 2.05) is 18.2 Å². The number of aliphatic imine (C=N–C) groups is 1. The van der Waals surface area contributed by atoms with E-state index in [1.165, 1.54) is 32.5 Å². The number of likely N-dealkylation sites (tertiary alicyclic amines) is 1. The van der Waals surface area contributed by atoms with Crippen molar-refractivity contribution in [3.8, 4) is 0 Å².